The molecule has 1 aliphatic rings. The maximum Gasteiger partial charge on any atom is 0.326 e. The quantitative estimate of drug-likeness (QED) is 0.565. The van der Waals surface area contributed by atoms with Crippen LogP contribution in [-0.4, -0.2) is 59.9 Å². The van der Waals surface area contributed by atoms with Crippen molar-refractivity contribution in [3.8, 4) is 6.07 Å². The molecule has 0 unspecified atom stereocenters. The van der Waals surface area contributed by atoms with E-state index >= 15 is 0 Å². The summed E-state index contributed by atoms with van der Waals surface area (Å²) in [5.41, 5.74) is 0.636. The molecule has 9 heteroatoms. The highest BCUT2D eigenvalue weighted by Gasteiger charge is 2.33. The summed E-state index contributed by atoms with van der Waals surface area (Å²) >= 11 is 0. The Hall–Kier alpha value is -3.41. The molecule has 1 heterocycles. The number of esters is 1. The van der Waals surface area contributed by atoms with E-state index in [2.05, 4.69) is 5.32 Å². The van der Waals surface area contributed by atoms with Gasteiger partial charge in [-0.2, -0.15) is 5.26 Å². The number of anilines is 1. The summed E-state index contributed by atoms with van der Waals surface area (Å²) in [7, 11) is 1.53. The van der Waals surface area contributed by atoms with Crippen molar-refractivity contribution in [2.75, 3.05) is 25.5 Å². The molecule has 9 nitrogen and oxygen atoms in total. The molecule has 0 bridgehead atoms. The second-order valence-electron chi connectivity index (χ2n) is 6.07. The molecule has 27 heavy (non-hydrogen) atoms. The fraction of sp³-hybridized carbons (Fsp3) is 0.389. The normalized spacial score (nSPS) is 14.7. The zero-order chi connectivity index (χ0) is 20.0. The Labute approximate surface area is 156 Å². The molecule has 1 aromatic rings. The number of nitrogens with one attached hydrogen (secondary N) is 1. The minimum absolute atomic E-state index is 0.0324. The fourth-order valence-electron chi connectivity index (χ4n) is 2.50. The molecule has 0 saturated carbocycles. The highest BCUT2D eigenvalue weighted by molar-refractivity contribution is 6.01. The molecule has 1 N–H and O–H groups in total. The van der Waals surface area contributed by atoms with E-state index in [0.717, 1.165) is 4.90 Å². The van der Waals surface area contributed by atoms with Crippen LogP contribution in [0.25, 0.3) is 0 Å². The SMILES string of the molecule is C[C@@H](OC(=O)CCCN1C(=O)CN(C)C1=O)C(=O)Nc1ccccc1C#N. The Morgan fingerprint density at radius 1 is 1.33 bits per heavy atom. The molecule has 142 valence electrons. The van der Waals surface area contributed by atoms with Gasteiger partial charge in [-0.3, -0.25) is 19.3 Å². The smallest absolute Gasteiger partial charge is 0.326 e. The summed E-state index contributed by atoms with van der Waals surface area (Å²) in [5.74, 6) is -1.48. The van der Waals surface area contributed by atoms with Gasteiger partial charge >= 0.3 is 12.0 Å². The van der Waals surface area contributed by atoms with Gasteiger partial charge in [0.05, 0.1) is 11.3 Å². The van der Waals surface area contributed by atoms with Crippen molar-refractivity contribution in [1.82, 2.24) is 9.80 Å². The van der Waals surface area contributed by atoms with E-state index in [1.807, 2.05) is 6.07 Å². The minimum Gasteiger partial charge on any atom is -0.453 e. The van der Waals surface area contributed by atoms with Crippen LogP contribution < -0.4 is 5.32 Å². The second-order valence-corrected chi connectivity index (χ2v) is 6.07. The van der Waals surface area contributed by atoms with Crippen LogP contribution in [0.4, 0.5) is 10.5 Å². The molecule has 0 radical (unpaired) electrons. The Bertz CT molecular complexity index is 801. The van der Waals surface area contributed by atoms with Gasteiger partial charge in [-0.25, -0.2) is 4.79 Å². The molecule has 0 aromatic heterocycles. The molecule has 2 rings (SSSR count). The van der Waals surface area contributed by atoms with Crippen LogP contribution in [0, 0.1) is 11.3 Å². The third-order valence-corrected chi connectivity index (χ3v) is 3.98. The summed E-state index contributed by atoms with van der Waals surface area (Å²) < 4.78 is 5.06. The molecule has 1 fully saturated rings. The van der Waals surface area contributed by atoms with Gasteiger partial charge in [-0.05, 0) is 25.5 Å². The van der Waals surface area contributed by atoms with Crippen LogP contribution in [0.15, 0.2) is 24.3 Å². The Morgan fingerprint density at radius 3 is 2.67 bits per heavy atom. The van der Waals surface area contributed by atoms with Gasteiger partial charge in [-0.15, -0.1) is 0 Å². The number of imide groups is 1. The van der Waals surface area contributed by atoms with E-state index in [-0.39, 0.29) is 31.8 Å². The van der Waals surface area contributed by atoms with Gasteiger partial charge in [0.2, 0.25) is 5.91 Å². The maximum atomic E-state index is 12.1. The topological polar surface area (TPSA) is 120 Å². The van der Waals surface area contributed by atoms with E-state index in [1.54, 1.807) is 24.3 Å². The van der Waals surface area contributed by atoms with Crippen molar-refractivity contribution in [3.63, 3.8) is 0 Å². The summed E-state index contributed by atoms with van der Waals surface area (Å²) in [6.07, 6.45) is -0.839. The lowest BCUT2D eigenvalue weighted by Gasteiger charge is -2.15. The largest absolute Gasteiger partial charge is 0.453 e. The van der Waals surface area contributed by atoms with Crippen molar-refractivity contribution >= 4 is 29.5 Å². The minimum atomic E-state index is -1.05. The number of hydrogen-bond acceptors (Lipinski definition) is 6. The van der Waals surface area contributed by atoms with Crippen molar-refractivity contribution in [1.29, 1.82) is 5.26 Å². The lowest BCUT2D eigenvalue weighted by Crippen LogP contribution is -2.33. The summed E-state index contributed by atoms with van der Waals surface area (Å²) in [6, 6.07) is 8.05. The number of rotatable bonds is 7. The zero-order valence-corrected chi connectivity index (χ0v) is 15.1. The second kappa shape index (κ2) is 8.80. The third-order valence-electron chi connectivity index (χ3n) is 3.98. The van der Waals surface area contributed by atoms with Crippen LogP contribution in [0.3, 0.4) is 0 Å². The van der Waals surface area contributed by atoms with Crippen LogP contribution in [0.5, 0.6) is 0 Å². The van der Waals surface area contributed by atoms with E-state index in [1.165, 1.54) is 18.9 Å². The molecule has 1 aliphatic heterocycles. The van der Waals surface area contributed by atoms with Crippen molar-refractivity contribution in [3.05, 3.63) is 29.8 Å². The number of benzene rings is 1. The zero-order valence-electron chi connectivity index (χ0n) is 15.1. The highest BCUT2D eigenvalue weighted by atomic mass is 16.5. The number of nitrogens with zero attached hydrogens (tertiary/aromatic N) is 3. The number of ether oxygens (including phenoxy) is 1. The van der Waals surface area contributed by atoms with Crippen LogP contribution in [0.1, 0.15) is 25.3 Å². The molecule has 1 atom stereocenters. The number of para-hydroxylation sites is 1. The van der Waals surface area contributed by atoms with Crippen molar-refractivity contribution in [2.45, 2.75) is 25.9 Å². The van der Waals surface area contributed by atoms with Gasteiger partial charge < -0.3 is 15.0 Å². The lowest BCUT2D eigenvalue weighted by atomic mass is 10.2. The summed E-state index contributed by atoms with van der Waals surface area (Å²) in [5, 5.41) is 11.6. The Balaban J connectivity index is 1.78. The number of carbonyl (C=O) groups excluding carboxylic acids is 4. The fourth-order valence-corrected chi connectivity index (χ4v) is 2.50. The number of nitriles is 1. The van der Waals surface area contributed by atoms with Gasteiger partial charge in [0.25, 0.3) is 5.91 Å². The molecule has 1 saturated heterocycles. The lowest BCUT2D eigenvalue weighted by molar-refractivity contribution is -0.153. The first-order valence-electron chi connectivity index (χ1n) is 8.38. The highest BCUT2D eigenvalue weighted by Crippen LogP contribution is 2.14. The predicted octanol–water partition coefficient (Wildman–Crippen LogP) is 1.10. The average molecular weight is 372 g/mol. The first-order valence-corrected chi connectivity index (χ1v) is 8.38. The van der Waals surface area contributed by atoms with Crippen molar-refractivity contribution < 1.29 is 23.9 Å². The average Bonchev–Trinajstić information content (AvgIpc) is 2.88. The first kappa shape index (κ1) is 19.9. The van der Waals surface area contributed by atoms with E-state index in [9.17, 15) is 19.2 Å². The number of amides is 4. The van der Waals surface area contributed by atoms with Crippen LogP contribution >= 0.6 is 0 Å². The van der Waals surface area contributed by atoms with E-state index in [4.69, 9.17) is 10.00 Å². The monoisotopic (exact) mass is 372 g/mol. The standard InChI is InChI=1S/C18H20N4O5/c1-12(17(25)20-14-7-4-3-6-13(14)10-19)27-16(24)8-5-9-22-15(23)11-21(2)18(22)26/h3-4,6-7,12H,5,8-9,11H2,1-2H3,(H,20,25)/t12-/m1/s1. The van der Waals surface area contributed by atoms with Gasteiger partial charge in [0.1, 0.15) is 12.6 Å². The maximum absolute atomic E-state index is 12.1. The first-order chi connectivity index (χ1) is 12.8. The van der Waals surface area contributed by atoms with Crippen LogP contribution in [-0.2, 0) is 19.1 Å². The number of likely N-dealkylation sites (N-methyl/N-ethyl adjacent to an activating group) is 1. The predicted molar refractivity (Wildman–Crippen MR) is 94.3 cm³/mol. The molecule has 4 amide bonds. The molecular formula is C18H20N4O5. The number of urea groups is 1. The Kier molecular flexibility index (Phi) is 6.49. The van der Waals surface area contributed by atoms with Gasteiger partial charge in [-0.1, -0.05) is 12.1 Å². The Morgan fingerprint density at radius 2 is 2.04 bits per heavy atom. The number of carbonyl (C=O) groups is 4. The van der Waals surface area contributed by atoms with Crippen molar-refractivity contribution in [2.24, 2.45) is 0 Å². The molecular weight excluding hydrogens is 352 g/mol. The summed E-state index contributed by atoms with van der Waals surface area (Å²) in [4.78, 5) is 49.7. The third kappa shape index (κ3) is 5.04. The molecule has 0 aliphatic carbocycles. The summed E-state index contributed by atoms with van der Waals surface area (Å²) in [6.45, 7) is 1.57. The van der Waals surface area contributed by atoms with E-state index in [0.29, 0.717) is 11.3 Å². The molecule has 1 aromatic carbocycles. The molecule has 0 spiro atoms. The van der Waals surface area contributed by atoms with Gasteiger partial charge in [0, 0.05) is 20.0 Å². The number of hydrogen-bond donors (Lipinski definition) is 1. The van der Waals surface area contributed by atoms with Crippen LogP contribution in [0.2, 0.25) is 0 Å². The van der Waals surface area contributed by atoms with Gasteiger partial charge in [0.15, 0.2) is 6.10 Å². The van der Waals surface area contributed by atoms with E-state index < -0.39 is 24.0 Å².